The Morgan fingerprint density at radius 1 is 0.393 bits per heavy atom. The summed E-state index contributed by atoms with van der Waals surface area (Å²) in [6, 6.07) is -0.897. The molecule has 0 fully saturated rings. The number of allylic oxidation sites excluding steroid dienone is 13. The van der Waals surface area contributed by atoms with Gasteiger partial charge in [-0.1, -0.05) is 318 Å². The molecule has 0 radical (unpaired) electrons. The highest BCUT2D eigenvalue weighted by atomic mass is 31.2. The van der Waals surface area contributed by atoms with Gasteiger partial charge in [0.15, 0.2) is 0 Å². The number of hydrogen-bond acceptors (Lipinski definition) is 7. The van der Waals surface area contributed by atoms with E-state index >= 15 is 0 Å². The normalized spacial score (nSPS) is 13.9. The second-order valence-corrected chi connectivity index (χ2v) is 28.2. The summed E-state index contributed by atoms with van der Waals surface area (Å²) in [6.07, 6.45) is 91.4. The summed E-state index contributed by atoms with van der Waals surface area (Å²) < 4.78 is 30.5. The predicted molar refractivity (Wildman–Crippen MR) is 385 cm³/mol. The molecule has 89 heavy (non-hydrogen) atoms. The van der Waals surface area contributed by atoms with Gasteiger partial charge in [-0.2, -0.15) is 0 Å². The van der Waals surface area contributed by atoms with Gasteiger partial charge in [0.25, 0.3) is 7.82 Å². The van der Waals surface area contributed by atoms with Crippen LogP contribution in [0.3, 0.4) is 0 Å². The number of carbonyl (C=O) groups is 2. The van der Waals surface area contributed by atoms with Crippen molar-refractivity contribution in [3.05, 3.63) is 85.1 Å². The van der Waals surface area contributed by atoms with Crippen molar-refractivity contribution in [3.63, 3.8) is 0 Å². The summed E-state index contributed by atoms with van der Waals surface area (Å²) >= 11 is 0. The van der Waals surface area contributed by atoms with Crippen molar-refractivity contribution < 1.29 is 37.3 Å². The average molecular weight is 1270 g/mol. The smallest absolute Gasteiger partial charge is 0.306 e. The predicted octanol–water partition coefficient (Wildman–Crippen LogP) is 23.8. The molecule has 0 bridgehead atoms. The van der Waals surface area contributed by atoms with Crippen LogP contribution in [0.4, 0.5) is 0 Å². The Bertz CT molecular complexity index is 1800. The number of likely N-dealkylation sites (N-methyl/N-ethyl adjacent to an activating group) is 1. The van der Waals surface area contributed by atoms with E-state index in [4.69, 9.17) is 13.8 Å². The summed E-state index contributed by atoms with van der Waals surface area (Å²) in [7, 11) is 1.18. The molecule has 0 heterocycles. The van der Waals surface area contributed by atoms with Crippen molar-refractivity contribution in [2.45, 2.75) is 367 Å². The minimum absolute atomic E-state index is 0.0257. The van der Waals surface area contributed by atoms with Gasteiger partial charge in [-0.15, -0.1) is 0 Å². The monoisotopic (exact) mass is 1270 g/mol. The molecule has 0 aliphatic rings. The zero-order chi connectivity index (χ0) is 64.9. The highest BCUT2D eigenvalue weighted by Crippen LogP contribution is 2.38. The largest absolute Gasteiger partial charge is 0.756 e. The van der Waals surface area contributed by atoms with E-state index in [1.165, 1.54) is 225 Å². The van der Waals surface area contributed by atoms with Gasteiger partial charge in [-0.25, -0.2) is 0 Å². The van der Waals surface area contributed by atoms with Crippen molar-refractivity contribution in [1.82, 2.24) is 5.32 Å². The lowest BCUT2D eigenvalue weighted by Crippen LogP contribution is -2.47. The standard InChI is InChI=1S/C79H145N2O7P/c1-7-10-13-16-19-22-25-28-30-32-34-36-38-39-40-41-43-44-46-48-50-53-56-59-62-65-68-71-78(82)80-76(75-87-89(84,85)86-74-73-81(4,5)6)77(70-67-64-61-58-55-52-27-24-21-18-15-12-9-3)88-79(83)72-69-66-63-60-57-54-51-49-47-45-42-37-35-33-31-29-26-23-20-17-14-11-8-2/h19-20,22-23,28-31,35,37,45,47,67,70,76-77H,7-18,21,24-27,32-34,36,38-44,46,48-66,68-69,71-75H2,1-6H3,(H-,80,82,84,85)/b22-19-,23-20-,30-28-,31-29-,37-35-,47-45-,70-67-. The van der Waals surface area contributed by atoms with E-state index in [-0.39, 0.29) is 24.9 Å². The molecule has 0 saturated carbocycles. The van der Waals surface area contributed by atoms with Crippen LogP contribution in [0.1, 0.15) is 355 Å². The molecule has 0 aliphatic carbocycles. The van der Waals surface area contributed by atoms with Gasteiger partial charge in [0.2, 0.25) is 5.91 Å². The maximum absolute atomic E-state index is 13.6. The first-order chi connectivity index (χ1) is 43.4. The lowest BCUT2D eigenvalue weighted by Gasteiger charge is -2.30. The quantitative estimate of drug-likeness (QED) is 0.0212. The minimum Gasteiger partial charge on any atom is -0.756 e. The van der Waals surface area contributed by atoms with Crippen LogP contribution in [0.2, 0.25) is 0 Å². The van der Waals surface area contributed by atoms with Gasteiger partial charge >= 0.3 is 5.97 Å². The van der Waals surface area contributed by atoms with Gasteiger partial charge in [-0.3, -0.25) is 14.2 Å². The number of ether oxygens (including phenoxy) is 1. The van der Waals surface area contributed by atoms with Gasteiger partial charge in [0.05, 0.1) is 33.8 Å². The van der Waals surface area contributed by atoms with Crippen LogP contribution < -0.4 is 10.2 Å². The zero-order valence-corrected chi connectivity index (χ0v) is 60.3. The number of nitrogens with zero attached hydrogens (tertiary/aromatic N) is 1. The lowest BCUT2D eigenvalue weighted by molar-refractivity contribution is -0.870. The van der Waals surface area contributed by atoms with E-state index in [1.807, 2.05) is 33.3 Å². The topological polar surface area (TPSA) is 114 Å². The second-order valence-electron chi connectivity index (χ2n) is 26.8. The van der Waals surface area contributed by atoms with Crippen LogP contribution in [-0.4, -0.2) is 69.4 Å². The van der Waals surface area contributed by atoms with Crippen LogP contribution >= 0.6 is 7.82 Å². The number of carbonyl (C=O) groups excluding carboxylic acids is 2. The third-order valence-corrected chi connectivity index (χ3v) is 17.8. The molecule has 0 aromatic heterocycles. The number of hydrogen-bond donors (Lipinski definition) is 1. The molecule has 0 spiro atoms. The maximum atomic E-state index is 13.6. The summed E-state index contributed by atoms with van der Waals surface area (Å²) in [4.78, 5) is 40.3. The molecule has 9 nitrogen and oxygen atoms in total. The molecular weight excluding hydrogens is 1120 g/mol. The van der Waals surface area contributed by atoms with Crippen molar-refractivity contribution >= 4 is 19.7 Å². The summed E-state index contributed by atoms with van der Waals surface area (Å²) in [5.41, 5.74) is 0. The molecule has 3 atom stereocenters. The number of quaternary nitrogens is 1. The van der Waals surface area contributed by atoms with Gasteiger partial charge < -0.3 is 28.5 Å². The maximum Gasteiger partial charge on any atom is 0.306 e. The first kappa shape index (κ1) is 86.2. The molecule has 0 saturated heterocycles. The number of esters is 1. The first-order valence-electron chi connectivity index (χ1n) is 37.9. The molecule has 518 valence electrons. The summed E-state index contributed by atoms with van der Waals surface area (Å²) in [5.74, 6) is -0.542. The average Bonchev–Trinajstić information content (AvgIpc) is 3.57. The van der Waals surface area contributed by atoms with Crippen molar-refractivity contribution in [3.8, 4) is 0 Å². The molecule has 1 amide bonds. The Morgan fingerprint density at radius 2 is 0.685 bits per heavy atom. The van der Waals surface area contributed by atoms with Crippen molar-refractivity contribution in [2.24, 2.45) is 0 Å². The fraction of sp³-hybridized carbons (Fsp3) is 0.797. The second kappa shape index (κ2) is 68.1. The van der Waals surface area contributed by atoms with Crippen LogP contribution in [0, 0.1) is 0 Å². The SMILES string of the molecule is CCCCC/C=C\C/C=C\C/C=C\C/C=C\CCCCCCCCCC(=O)OC(/C=C\CCCCCCCCCCCCC)C(COP(=O)([O-])OCC[N+](C)(C)C)NC(=O)CCCCCCCCCCCCCCCCCCC/C=C\C/C=C\CCCCC. The lowest BCUT2D eigenvalue weighted by atomic mass is 10.0. The van der Waals surface area contributed by atoms with E-state index in [2.05, 4.69) is 99.0 Å². The van der Waals surface area contributed by atoms with E-state index in [0.29, 0.717) is 17.4 Å². The van der Waals surface area contributed by atoms with E-state index in [9.17, 15) is 19.0 Å². The first-order valence-corrected chi connectivity index (χ1v) is 39.4. The summed E-state index contributed by atoms with van der Waals surface area (Å²) in [5, 5.41) is 3.05. The Balaban J connectivity index is 5.04. The van der Waals surface area contributed by atoms with Crippen LogP contribution in [0.5, 0.6) is 0 Å². The van der Waals surface area contributed by atoms with Crippen molar-refractivity contribution in [2.75, 3.05) is 40.9 Å². The Morgan fingerprint density at radius 3 is 1.04 bits per heavy atom. The third kappa shape index (κ3) is 69.4. The molecular formula is C79H145N2O7P. The van der Waals surface area contributed by atoms with E-state index in [0.717, 1.165) is 96.3 Å². The third-order valence-electron chi connectivity index (χ3n) is 16.8. The number of unbranched alkanes of at least 4 members (excludes halogenated alkanes) is 41. The fourth-order valence-electron chi connectivity index (χ4n) is 11.0. The zero-order valence-electron chi connectivity index (χ0n) is 59.4. The molecule has 0 aliphatic heterocycles. The molecule has 0 rings (SSSR count). The van der Waals surface area contributed by atoms with Gasteiger partial charge in [0, 0.05) is 12.8 Å². The fourth-order valence-corrected chi connectivity index (χ4v) is 11.7. The summed E-state index contributed by atoms with van der Waals surface area (Å²) in [6.45, 7) is 6.83. The molecule has 3 unspecified atom stereocenters. The number of rotatable bonds is 69. The molecule has 1 N–H and O–H groups in total. The Labute approximate surface area is 552 Å². The Kier molecular flexibility index (Phi) is 65.9. The highest BCUT2D eigenvalue weighted by molar-refractivity contribution is 7.45. The Hall–Kier alpha value is -2.81. The molecule has 0 aromatic rings. The molecule has 10 heteroatoms. The number of nitrogens with one attached hydrogen (secondary N) is 1. The van der Waals surface area contributed by atoms with Crippen LogP contribution in [-0.2, 0) is 27.9 Å². The van der Waals surface area contributed by atoms with Gasteiger partial charge in [-0.05, 0) is 109 Å². The van der Waals surface area contributed by atoms with E-state index < -0.39 is 26.6 Å². The van der Waals surface area contributed by atoms with Crippen molar-refractivity contribution in [1.29, 1.82) is 0 Å². The number of phosphoric acid groups is 1. The molecule has 0 aromatic carbocycles. The van der Waals surface area contributed by atoms with Crippen LogP contribution in [0.25, 0.3) is 0 Å². The minimum atomic E-state index is -4.71. The van der Waals surface area contributed by atoms with Crippen LogP contribution in [0.15, 0.2) is 85.1 Å². The van der Waals surface area contributed by atoms with Gasteiger partial charge in [0.1, 0.15) is 19.3 Å². The number of amides is 1. The highest BCUT2D eigenvalue weighted by Gasteiger charge is 2.27. The number of phosphoric ester groups is 1. The van der Waals surface area contributed by atoms with E-state index in [1.54, 1.807) is 0 Å².